The second-order valence-corrected chi connectivity index (χ2v) is 7.59. The molecule has 0 spiro atoms. The van der Waals surface area contributed by atoms with Gasteiger partial charge in [0.25, 0.3) is 0 Å². The van der Waals surface area contributed by atoms with Crippen LogP contribution in [0.3, 0.4) is 0 Å². The Labute approximate surface area is 144 Å². The summed E-state index contributed by atoms with van der Waals surface area (Å²) in [7, 11) is 0. The van der Waals surface area contributed by atoms with Crippen molar-refractivity contribution < 1.29 is 14.3 Å². The zero-order valence-electron chi connectivity index (χ0n) is 14.7. The first-order valence-electron chi connectivity index (χ1n) is 9.22. The Morgan fingerprint density at radius 1 is 0.750 bits per heavy atom. The van der Waals surface area contributed by atoms with E-state index in [2.05, 4.69) is 0 Å². The Kier molecular flexibility index (Phi) is 6.86. The van der Waals surface area contributed by atoms with Gasteiger partial charge in [-0.3, -0.25) is 0 Å². The Morgan fingerprint density at radius 3 is 1.33 bits per heavy atom. The van der Waals surface area contributed by atoms with Crippen LogP contribution in [0, 0.1) is 11.8 Å². The standard InChI is InChI=1S/C17H34N4O3/c18-9-13-1-5-16(11-20,6-2-13)23-15(22)24-17(12-21)7-3-14(10-19)4-8-17/h13-14H,1-12,18-21H2. The topological polar surface area (TPSA) is 140 Å². The fourth-order valence-electron chi connectivity index (χ4n) is 3.95. The van der Waals surface area contributed by atoms with Gasteiger partial charge < -0.3 is 32.4 Å². The van der Waals surface area contributed by atoms with Crippen LogP contribution in [0.25, 0.3) is 0 Å². The molecule has 140 valence electrons. The molecule has 0 saturated heterocycles. The minimum Gasteiger partial charge on any atom is -0.426 e. The Hall–Kier alpha value is -0.890. The zero-order chi connectivity index (χ0) is 17.6. The third kappa shape index (κ3) is 4.59. The molecule has 0 heterocycles. The van der Waals surface area contributed by atoms with E-state index in [4.69, 9.17) is 32.4 Å². The largest absolute Gasteiger partial charge is 0.509 e. The van der Waals surface area contributed by atoms with Gasteiger partial charge in [-0.15, -0.1) is 0 Å². The lowest BCUT2D eigenvalue weighted by molar-refractivity contribution is -0.102. The molecule has 2 saturated carbocycles. The van der Waals surface area contributed by atoms with Crippen LogP contribution < -0.4 is 22.9 Å². The highest BCUT2D eigenvalue weighted by atomic mass is 16.7. The Bertz CT molecular complexity index is 367. The number of nitrogens with two attached hydrogens (primary N) is 4. The molecular weight excluding hydrogens is 308 g/mol. The first-order valence-corrected chi connectivity index (χ1v) is 9.22. The molecule has 2 aliphatic rings. The summed E-state index contributed by atoms with van der Waals surface area (Å²) < 4.78 is 11.4. The molecule has 0 bridgehead atoms. The lowest BCUT2D eigenvalue weighted by Gasteiger charge is -2.41. The summed E-state index contributed by atoms with van der Waals surface area (Å²) in [5, 5.41) is 0. The average Bonchev–Trinajstić information content (AvgIpc) is 2.62. The molecule has 0 aliphatic heterocycles. The van der Waals surface area contributed by atoms with Crippen molar-refractivity contribution in [3.8, 4) is 0 Å². The van der Waals surface area contributed by atoms with Crippen LogP contribution in [0.15, 0.2) is 0 Å². The highest BCUT2D eigenvalue weighted by molar-refractivity contribution is 5.61. The second kappa shape index (κ2) is 8.47. The van der Waals surface area contributed by atoms with Crippen LogP contribution in [0.2, 0.25) is 0 Å². The molecular formula is C17H34N4O3. The molecule has 8 N–H and O–H groups in total. The monoisotopic (exact) mass is 342 g/mol. The molecule has 2 rings (SSSR count). The van der Waals surface area contributed by atoms with E-state index in [0.29, 0.717) is 38.0 Å². The van der Waals surface area contributed by atoms with Gasteiger partial charge in [0, 0.05) is 13.1 Å². The molecule has 7 heteroatoms. The predicted octanol–water partition coefficient (Wildman–Crippen LogP) is 0.832. The number of ether oxygens (including phenoxy) is 2. The van der Waals surface area contributed by atoms with Crippen molar-refractivity contribution in [3.05, 3.63) is 0 Å². The highest BCUT2D eigenvalue weighted by Crippen LogP contribution is 2.37. The summed E-state index contributed by atoms with van der Waals surface area (Å²) in [6.45, 7) is 1.96. The number of carbonyl (C=O) groups is 1. The van der Waals surface area contributed by atoms with Gasteiger partial charge in [-0.05, 0) is 76.3 Å². The van der Waals surface area contributed by atoms with Crippen molar-refractivity contribution in [2.45, 2.75) is 62.6 Å². The number of hydrogen-bond donors (Lipinski definition) is 4. The van der Waals surface area contributed by atoms with Gasteiger partial charge in [-0.2, -0.15) is 0 Å². The fraction of sp³-hybridized carbons (Fsp3) is 0.941. The molecule has 7 nitrogen and oxygen atoms in total. The van der Waals surface area contributed by atoms with Gasteiger partial charge in [-0.25, -0.2) is 4.79 Å². The summed E-state index contributed by atoms with van der Waals surface area (Å²) in [4.78, 5) is 12.4. The Balaban J connectivity index is 1.91. The minimum absolute atomic E-state index is 0.310. The van der Waals surface area contributed by atoms with Crippen molar-refractivity contribution >= 4 is 6.16 Å². The minimum atomic E-state index is -0.636. The van der Waals surface area contributed by atoms with E-state index in [9.17, 15) is 4.79 Å². The number of rotatable bonds is 6. The molecule has 2 fully saturated rings. The van der Waals surface area contributed by atoms with Crippen LogP contribution in [0.4, 0.5) is 4.79 Å². The molecule has 0 amide bonds. The van der Waals surface area contributed by atoms with E-state index in [1.807, 2.05) is 0 Å². The molecule has 2 aliphatic carbocycles. The molecule has 0 aromatic heterocycles. The maximum atomic E-state index is 12.4. The van der Waals surface area contributed by atoms with E-state index in [1.54, 1.807) is 0 Å². The van der Waals surface area contributed by atoms with E-state index in [1.165, 1.54) is 0 Å². The van der Waals surface area contributed by atoms with E-state index in [-0.39, 0.29) is 0 Å². The second-order valence-electron chi connectivity index (χ2n) is 7.59. The van der Waals surface area contributed by atoms with Crippen LogP contribution in [-0.4, -0.2) is 43.5 Å². The van der Waals surface area contributed by atoms with Gasteiger partial charge in [0.1, 0.15) is 11.2 Å². The molecule has 0 atom stereocenters. The van der Waals surface area contributed by atoms with Crippen LogP contribution in [0.5, 0.6) is 0 Å². The number of carbonyl (C=O) groups excluding carboxylic acids is 1. The first-order chi connectivity index (χ1) is 11.5. The van der Waals surface area contributed by atoms with Crippen LogP contribution in [0.1, 0.15) is 51.4 Å². The highest BCUT2D eigenvalue weighted by Gasteiger charge is 2.42. The average molecular weight is 342 g/mol. The normalized spacial score (nSPS) is 37.0. The van der Waals surface area contributed by atoms with Crippen molar-refractivity contribution in [3.63, 3.8) is 0 Å². The van der Waals surface area contributed by atoms with Crippen molar-refractivity contribution in [1.82, 2.24) is 0 Å². The lowest BCUT2D eigenvalue weighted by atomic mass is 9.78. The van der Waals surface area contributed by atoms with Gasteiger partial charge in [0.2, 0.25) is 0 Å². The summed E-state index contributed by atoms with van der Waals surface area (Å²) in [6.07, 6.45) is 6.06. The Morgan fingerprint density at radius 2 is 1.08 bits per heavy atom. The van der Waals surface area contributed by atoms with E-state index >= 15 is 0 Å². The number of hydrogen-bond acceptors (Lipinski definition) is 7. The van der Waals surface area contributed by atoms with Gasteiger partial charge in [0.05, 0.1) is 0 Å². The van der Waals surface area contributed by atoms with Gasteiger partial charge >= 0.3 is 6.16 Å². The first kappa shape index (κ1) is 19.4. The summed E-state index contributed by atoms with van der Waals surface area (Å²) >= 11 is 0. The van der Waals surface area contributed by atoms with Crippen molar-refractivity contribution in [2.24, 2.45) is 34.8 Å². The van der Waals surface area contributed by atoms with E-state index < -0.39 is 17.4 Å². The lowest BCUT2D eigenvalue weighted by Crippen LogP contribution is -2.50. The molecule has 0 unspecified atom stereocenters. The van der Waals surface area contributed by atoms with Crippen LogP contribution >= 0.6 is 0 Å². The molecule has 24 heavy (non-hydrogen) atoms. The zero-order valence-corrected chi connectivity index (χ0v) is 14.7. The van der Waals surface area contributed by atoms with Crippen molar-refractivity contribution in [1.29, 1.82) is 0 Å². The van der Waals surface area contributed by atoms with Crippen molar-refractivity contribution in [2.75, 3.05) is 26.2 Å². The molecule has 0 aromatic carbocycles. The third-order valence-corrected chi connectivity index (χ3v) is 6.04. The smallest absolute Gasteiger partial charge is 0.426 e. The fourth-order valence-corrected chi connectivity index (χ4v) is 3.95. The van der Waals surface area contributed by atoms with Gasteiger partial charge in [0.15, 0.2) is 0 Å². The van der Waals surface area contributed by atoms with E-state index in [0.717, 1.165) is 51.4 Å². The van der Waals surface area contributed by atoms with Crippen LogP contribution in [-0.2, 0) is 9.47 Å². The summed E-state index contributed by atoms with van der Waals surface area (Å²) in [5.74, 6) is 0.984. The van der Waals surface area contributed by atoms with Gasteiger partial charge in [-0.1, -0.05) is 0 Å². The summed E-state index contributed by atoms with van der Waals surface area (Å²) in [5.41, 5.74) is 22.0. The third-order valence-electron chi connectivity index (χ3n) is 6.04. The maximum absolute atomic E-state index is 12.4. The SMILES string of the molecule is NCC1CCC(CN)(OC(=O)OC2(CN)CCC(CN)CC2)CC1. The predicted molar refractivity (Wildman–Crippen MR) is 93.2 cm³/mol. The molecule has 0 aromatic rings. The summed E-state index contributed by atoms with van der Waals surface area (Å²) in [6, 6.07) is 0. The molecule has 0 radical (unpaired) electrons. The maximum Gasteiger partial charge on any atom is 0.509 e. The quantitative estimate of drug-likeness (QED) is 0.524.